The standard InChI is InChI=1S/C25H28N2O6/c1-26(2)13-6-14-27-21(16-9-11-17(12-10-16)25(31)33-4)20(23(29)24(27)30)22(28)18-7-5-8-19(15-18)32-3/h5,7-12,15,21,28H,6,13-14H2,1-4H3/t21-/m0/s1. The number of rotatable bonds is 8. The van der Waals surface area contributed by atoms with Crippen LogP contribution in [0.5, 0.6) is 5.75 Å². The second kappa shape index (κ2) is 10.3. The SMILES string of the molecule is COC(=O)c1ccc([C@H]2C(=C(O)c3cccc(OC)c3)C(=O)C(=O)N2CCCN(C)C)cc1. The molecule has 0 spiro atoms. The number of aliphatic hydroxyl groups excluding tert-OH is 1. The molecule has 1 atom stereocenters. The highest BCUT2D eigenvalue weighted by molar-refractivity contribution is 6.46. The van der Waals surface area contributed by atoms with Crippen LogP contribution in [0, 0.1) is 0 Å². The molecule has 3 rings (SSSR count). The Morgan fingerprint density at radius 1 is 1.06 bits per heavy atom. The number of aliphatic hydroxyl groups is 1. The number of Topliss-reactive ketones (excluding diaryl/α,β-unsaturated/α-hetero) is 1. The molecule has 1 aliphatic rings. The molecule has 0 saturated carbocycles. The summed E-state index contributed by atoms with van der Waals surface area (Å²) in [7, 11) is 6.66. The third-order valence-electron chi connectivity index (χ3n) is 5.53. The van der Waals surface area contributed by atoms with E-state index < -0.39 is 23.7 Å². The molecule has 2 aromatic carbocycles. The van der Waals surface area contributed by atoms with Gasteiger partial charge in [0.25, 0.3) is 11.7 Å². The second-order valence-electron chi connectivity index (χ2n) is 7.99. The van der Waals surface area contributed by atoms with Gasteiger partial charge in [-0.2, -0.15) is 0 Å². The average molecular weight is 453 g/mol. The van der Waals surface area contributed by atoms with Crippen molar-refractivity contribution >= 4 is 23.4 Å². The van der Waals surface area contributed by atoms with Gasteiger partial charge in [-0.1, -0.05) is 24.3 Å². The summed E-state index contributed by atoms with van der Waals surface area (Å²) < 4.78 is 9.97. The number of nitrogens with zero attached hydrogens (tertiary/aromatic N) is 2. The Kier molecular flexibility index (Phi) is 7.50. The van der Waals surface area contributed by atoms with Gasteiger partial charge in [0.2, 0.25) is 0 Å². The molecule has 8 heteroatoms. The topological polar surface area (TPSA) is 96.4 Å². The Balaban J connectivity index is 2.10. The lowest BCUT2D eigenvalue weighted by molar-refractivity contribution is -0.139. The van der Waals surface area contributed by atoms with E-state index in [-0.39, 0.29) is 11.3 Å². The van der Waals surface area contributed by atoms with Crippen molar-refractivity contribution in [3.8, 4) is 5.75 Å². The number of likely N-dealkylation sites (tertiary alicyclic amines) is 1. The van der Waals surface area contributed by atoms with Crippen LogP contribution in [0.2, 0.25) is 0 Å². The number of methoxy groups -OCH3 is 2. The second-order valence-corrected chi connectivity index (χ2v) is 7.99. The molecule has 0 aliphatic carbocycles. The van der Waals surface area contributed by atoms with E-state index in [1.54, 1.807) is 48.5 Å². The van der Waals surface area contributed by atoms with Crippen LogP contribution in [0.4, 0.5) is 0 Å². The molecule has 174 valence electrons. The van der Waals surface area contributed by atoms with Gasteiger partial charge in [0.05, 0.1) is 31.4 Å². The summed E-state index contributed by atoms with van der Waals surface area (Å²) in [5, 5.41) is 11.1. The number of esters is 1. The van der Waals surface area contributed by atoms with Crippen LogP contribution in [0.3, 0.4) is 0 Å². The summed E-state index contributed by atoms with van der Waals surface area (Å²) in [5.74, 6) is -1.66. The zero-order valence-electron chi connectivity index (χ0n) is 19.2. The van der Waals surface area contributed by atoms with Gasteiger partial charge in [0, 0.05) is 12.1 Å². The molecule has 0 unspecified atom stereocenters. The molecule has 1 fully saturated rings. The number of carbonyl (C=O) groups excluding carboxylic acids is 3. The van der Waals surface area contributed by atoms with Crippen molar-refractivity contribution in [2.75, 3.05) is 41.4 Å². The molecule has 1 saturated heterocycles. The fraction of sp³-hybridized carbons (Fsp3) is 0.320. The predicted octanol–water partition coefficient (Wildman–Crippen LogP) is 2.86. The average Bonchev–Trinajstić information content (AvgIpc) is 3.08. The lowest BCUT2D eigenvalue weighted by Gasteiger charge is -2.26. The van der Waals surface area contributed by atoms with Gasteiger partial charge >= 0.3 is 5.97 Å². The van der Waals surface area contributed by atoms with Gasteiger partial charge in [0.15, 0.2) is 0 Å². The molecule has 1 heterocycles. The lowest BCUT2D eigenvalue weighted by atomic mass is 9.94. The zero-order chi connectivity index (χ0) is 24.1. The molecule has 8 nitrogen and oxygen atoms in total. The van der Waals surface area contributed by atoms with Gasteiger partial charge in [-0.05, 0) is 56.9 Å². The molecule has 33 heavy (non-hydrogen) atoms. The first-order chi connectivity index (χ1) is 15.8. The van der Waals surface area contributed by atoms with Crippen molar-refractivity contribution < 1.29 is 29.0 Å². The molecular weight excluding hydrogens is 424 g/mol. The van der Waals surface area contributed by atoms with Gasteiger partial charge in [0.1, 0.15) is 11.5 Å². The summed E-state index contributed by atoms with van der Waals surface area (Å²) >= 11 is 0. The zero-order valence-corrected chi connectivity index (χ0v) is 19.2. The normalized spacial score (nSPS) is 17.5. The Morgan fingerprint density at radius 2 is 1.76 bits per heavy atom. The highest BCUT2D eigenvalue weighted by atomic mass is 16.5. The van der Waals surface area contributed by atoms with Crippen LogP contribution in [-0.2, 0) is 14.3 Å². The maximum absolute atomic E-state index is 13.1. The number of hydrogen-bond acceptors (Lipinski definition) is 7. The van der Waals surface area contributed by atoms with Crippen molar-refractivity contribution in [2.45, 2.75) is 12.5 Å². The summed E-state index contributed by atoms with van der Waals surface area (Å²) in [5.41, 5.74) is 1.33. The van der Waals surface area contributed by atoms with E-state index in [0.29, 0.717) is 35.4 Å². The van der Waals surface area contributed by atoms with Crippen LogP contribution in [0.1, 0.15) is 33.9 Å². The van der Waals surface area contributed by atoms with Crippen molar-refractivity contribution in [3.63, 3.8) is 0 Å². The first-order valence-corrected chi connectivity index (χ1v) is 10.5. The number of benzene rings is 2. The third-order valence-corrected chi connectivity index (χ3v) is 5.53. The third kappa shape index (κ3) is 5.06. The van der Waals surface area contributed by atoms with Crippen molar-refractivity contribution in [1.29, 1.82) is 0 Å². The molecule has 1 N–H and O–H groups in total. The minimum atomic E-state index is -0.787. The smallest absolute Gasteiger partial charge is 0.337 e. The summed E-state index contributed by atoms with van der Waals surface area (Å²) in [6.45, 7) is 1.06. The predicted molar refractivity (Wildman–Crippen MR) is 123 cm³/mol. The molecule has 2 aromatic rings. The van der Waals surface area contributed by atoms with Crippen LogP contribution >= 0.6 is 0 Å². The minimum absolute atomic E-state index is 0.00363. The maximum Gasteiger partial charge on any atom is 0.337 e. The van der Waals surface area contributed by atoms with Crippen molar-refractivity contribution in [1.82, 2.24) is 9.80 Å². The fourth-order valence-electron chi connectivity index (χ4n) is 3.86. The van der Waals surface area contributed by atoms with E-state index in [1.165, 1.54) is 19.1 Å². The van der Waals surface area contributed by atoms with Gasteiger partial charge < -0.3 is 24.4 Å². The monoisotopic (exact) mass is 452 g/mol. The number of ketones is 1. The largest absolute Gasteiger partial charge is 0.507 e. The minimum Gasteiger partial charge on any atom is -0.507 e. The van der Waals surface area contributed by atoms with Crippen LogP contribution in [0.25, 0.3) is 5.76 Å². The summed E-state index contributed by atoms with van der Waals surface area (Å²) in [6.07, 6.45) is 0.649. The molecule has 0 bridgehead atoms. The Morgan fingerprint density at radius 3 is 2.36 bits per heavy atom. The van der Waals surface area contributed by atoms with E-state index in [4.69, 9.17) is 9.47 Å². The first-order valence-electron chi connectivity index (χ1n) is 10.5. The van der Waals surface area contributed by atoms with E-state index in [0.717, 1.165) is 6.54 Å². The molecule has 0 radical (unpaired) electrons. The highest BCUT2D eigenvalue weighted by Crippen LogP contribution is 2.39. The van der Waals surface area contributed by atoms with Crippen molar-refractivity contribution in [2.24, 2.45) is 0 Å². The first kappa shape index (κ1) is 24.0. The van der Waals surface area contributed by atoms with Crippen LogP contribution in [-0.4, -0.2) is 74.0 Å². The Labute approximate surface area is 193 Å². The number of carbonyl (C=O) groups is 3. The van der Waals surface area contributed by atoms with Crippen LogP contribution < -0.4 is 4.74 Å². The highest BCUT2D eigenvalue weighted by Gasteiger charge is 2.45. The van der Waals surface area contributed by atoms with E-state index in [9.17, 15) is 19.5 Å². The number of hydrogen-bond donors (Lipinski definition) is 1. The van der Waals surface area contributed by atoms with Gasteiger partial charge in [-0.15, -0.1) is 0 Å². The lowest BCUT2D eigenvalue weighted by Crippen LogP contribution is -2.32. The van der Waals surface area contributed by atoms with E-state index >= 15 is 0 Å². The number of ether oxygens (including phenoxy) is 2. The van der Waals surface area contributed by atoms with E-state index in [1.807, 2.05) is 19.0 Å². The molecular formula is C25H28N2O6. The summed E-state index contributed by atoms with van der Waals surface area (Å²) in [4.78, 5) is 41.3. The van der Waals surface area contributed by atoms with Crippen LogP contribution in [0.15, 0.2) is 54.1 Å². The van der Waals surface area contributed by atoms with Gasteiger partial charge in [-0.3, -0.25) is 9.59 Å². The molecule has 0 aromatic heterocycles. The maximum atomic E-state index is 13.1. The molecule has 1 aliphatic heterocycles. The Hall–Kier alpha value is -3.65. The number of amides is 1. The van der Waals surface area contributed by atoms with Gasteiger partial charge in [-0.25, -0.2) is 4.79 Å². The summed E-state index contributed by atoms with van der Waals surface area (Å²) in [6, 6.07) is 12.4. The Bertz CT molecular complexity index is 1070. The van der Waals surface area contributed by atoms with E-state index in [2.05, 4.69) is 0 Å². The van der Waals surface area contributed by atoms with Crippen molar-refractivity contribution in [3.05, 3.63) is 70.8 Å². The fourth-order valence-corrected chi connectivity index (χ4v) is 3.86. The quantitative estimate of drug-likeness (QED) is 0.285. The molecule has 1 amide bonds.